The molecule has 1 saturated heterocycles. The maximum absolute atomic E-state index is 12.6. The molecule has 2 rings (SSSR count). The number of benzene rings is 1. The fraction of sp³-hybridized carbons (Fsp3) is 0.588. The SMILES string of the molecule is CCNC1CCN(C(=O)c2ccc(C)cc2C)CC1C. The van der Waals surface area contributed by atoms with E-state index in [1.807, 2.05) is 24.0 Å². The van der Waals surface area contributed by atoms with Gasteiger partial charge in [-0.15, -0.1) is 0 Å². The Balaban J connectivity index is 2.07. The topological polar surface area (TPSA) is 32.3 Å². The molecular formula is C17H26N2O. The van der Waals surface area contributed by atoms with E-state index in [1.54, 1.807) is 0 Å². The lowest BCUT2D eigenvalue weighted by Crippen LogP contribution is -2.50. The van der Waals surface area contributed by atoms with Crippen molar-refractivity contribution in [1.82, 2.24) is 10.2 Å². The highest BCUT2D eigenvalue weighted by atomic mass is 16.2. The summed E-state index contributed by atoms with van der Waals surface area (Å²) < 4.78 is 0. The zero-order valence-corrected chi connectivity index (χ0v) is 13.1. The van der Waals surface area contributed by atoms with E-state index in [4.69, 9.17) is 0 Å². The minimum absolute atomic E-state index is 0.185. The maximum Gasteiger partial charge on any atom is 0.254 e. The molecule has 0 aromatic heterocycles. The standard InChI is InChI=1S/C17H26N2O/c1-5-18-16-8-9-19(11-14(16)4)17(20)15-7-6-12(2)10-13(15)3/h6-7,10,14,16,18H,5,8-9,11H2,1-4H3. The summed E-state index contributed by atoms with van der Waals surface area (Å²) in [5.74, 6) is 0.697. The largest absolute Gasteiger partial charge is 0.338 e. The fourth-order valence-electron chi connectivity index (χ4n) is 3.12. The third-order valence-electron chi connectivity index (χ3n) is 4.27. The molecule has 1 fully saturated rings. The van der Waals surface area contributed by atoms with E-state index in [0.29, 0.717) is 12.0 Å². The van der Waals surface area contributed by atoms with Crippen LogP contribution in [0.1, 0.15) is 41.8 Å². The Morgan fingerprint density at radius 2 is 2.15 bits per heavy atom. The first-order chi connectivity index (χ1) is 9.52. The molecule has 20 heavy (non-hydrogen) atoms. The number of amides is 1. The van der Waals surface area contributed by atoms with Gasteiger partial charge >= 0.3 is 0 Å². The average molecular weight is 274 g/mol. The molecule has 0 saturated carbocycles. The van der Waals surface area contributed by atoms with Crippen molar-refractivity contribution in [2.75, 3.05) is 19.6 Å². The van der Waals surface area contributed by atoms with Crippen molar-refractivity contribution in [3.05, 3.63) is 34.9 Å². The van der Waals surface area contributed by atoms with Crippen molar-refractivity contribution in [2.24, 2.45) is 5.92 Å². The second kappa shape index (κ2) is 6.40. The summed E-state index contributed by atoms with van der Waals surface area (Å²) in [6.45, 7) is 11.2. The van der Waals surface area contributed by atoms with E-state index >= 15 is 0 Å². The van der Waals surface area contributed by atoms with Crippen LogP contribution in [0.5, 0.6) is 0 Å². The first-order valence-electron chi connectivity index (χ1n) is 7.62. The lowest BCUT2D eigenvalue weighted by molar-refractivity contribution is 0.0645. The van der Waals surface area contributed by atoms with Crippen LogP contribution in [0.3, 0.4) is 0 Å². The zero-order valence-electron chi connectivity index (χ0n) is 13.1. The van der Waals surface area contributed by atoms with Gasteiger partial charge in [-0.25, -0.2) is 0 Å². The van der Waals surface area contributed by atoms with E-state index in [1.165, 1.54) is 5.56 Å². The maximum atomic E-state index is 12.6. The Bertz CT molecular complexity index is 484. The fourth-order valence-corrected chi connectivity index (χ4v) is 3.12. The Morgan fingerprint density at radius 1 is 1.40 bits per heavy atom. The predicted molar refractivity (Wildman–Crippen MR) is 83.1 cm³/mol. The Kier molecular flexibility index (Phi) is 4.81. The number of nitrogens with one attached hydrogen (secondary N) is 1. The van der Waals surface area contributed by atoms with Gasteiger partial charge in [0.05, 0.1) is 0 Å². The molecule has 2 unspecified atom stereocenters. The smallest absolute Gasteiger partial charge is 0.254 e. The second-order valence-electron chi connectivity index (χ2n) is 6.00. The first kappa shape index (κ1) is 15.0. The lowest BCUT2D eigenvalue weighted by atomic mass is 9.93. The van der Waals surface area contributed by atoms with Gasteiger partial charge in [-0.2, -0.15) is 0 Å². The highest BCUT2D eigenvalue weighted by Gasteiger charge is 2.28. The van der Waals surface area contributed by atoms with Gasteiger partial charge < -0.3 is 10.2 Å². The number of hydrogen-bond donors (Lipinski definition) is 1. The molecule has 1 aliphatic heterocycles. The van der Waals surface area contributed by atoms with E-state index in [9.17, 15) is 4.79 Å². The molecule has 1 N–H and O–H groups in total. The highest BCUT2D eigenvalue weighted by molar-refractivity contribution is 5.95. The molecule has 1 heterocycles. The zero-order chi connectivity index (χ0) is 14.7. The van der Waals surface area contributed by atoms with Crippen LogP contribution in [0.15, 0.2) is 18.2 Å². The van der Waals surface area contributed by atoms with Crippen LogP contribution in [0.25, 0.3) is 0 Å². The molecule has 1 amide bonds. The number of aryl methyl sites for hydroxylation is 2. The molecule has 3 nitrogen and oxygen atoms in total. The molecule has 1 aromatic carbocycles. The van der Waals surface area contributed by atoms with Crippen LogP contribution in [0.2, 0.25) is 0 Å². The molecule has 2 atom stereocenters. The third-order valence-corrected chi connectivity index (χ3v) is 4.27. The minimum atomic E-state index is 0.185. The number of likely N-dealkylation sites (tertiary alicyclic amines) is 1. The number of piperidine rings is 1. The van der Waals surface area contributed by atoms with Gasteiger partial charge in [0.15, 0.2) is 0 Å². The van der Waals surface area contributed by atoms with Gasteiger partial charge in [0.1, 0.15) is 0 Å². The molecule has 110 valence electrons. The Labute approximate surface area is 122 Å². The summed E-state index contributed by atoms with van der Waals surface area (Å²) in [5.41, 5.74) is 3.14. The Hall–Kier alpha value is -1.35. The van der Waals surface area contributed by atoms with E-state index in [0.717, 1.165) is 37.2 Å². The number of carbonyl (C=O) groups is 1. The van der Waals surface area contributed by atoms with Crippen molar-refractivity contribution in [3.63, 3.8) is 0 Å². The highest BCUT2D eigenvalue weighted by Crippen LogP contribution is 2.20. The van der Waals surface area contributed by atoms with Crippen LogP contribution in [-0.2, 0) is 0 Å². The number of nitrogens with zero attached hydrogens (tertiary/aromatic N) is 1. The normalized spacial score (nSPS) is 22.9. The third kappa shape index (κ3) is 3.21. The molecule has 1 aromatic rings. The Morgan fingerprint density at radius 3 is 2.75 bits per heavy atom. The molecule has 1 aliphatic rings. The second-order valence-corrected chi connectivity index (χ2v) is 6.00. The van der Waals surface area contributed by atoms with E-state index in [-0.39, 0.29) is 5.91 Å². The molecule has 0 spiro atoms. The summed E-state index contributed by atoms with van der Waals surface area (Å²) in [4.78, 5) is 14.7. The molecular weight excluding hydrogens is 248 g/mol. The molecule has 0 radical (unpaired) electrons. The van der Waals surface area contributed by atoms with Crippen molar-refractivity contribution >= 4 is 5.91 Å². The molecule has 0 bridgehead atoms. The summed E-state index contributed by atoms with van der Waals surface area (Å²) in [6, 6.07) is 6.62. The number of hydrogen-bond acceptors (Lipinski definition) is 2. The minimum Gasteiger partial charge on any atom is -0.338 e. The molecule has 3 heteroatoms. The average Bonchev–Trinajstić information content (AvgIpc) is 2.40. The quantitative estimate of drug-likeness (QED) is 0.919. The van der Waals surface area contributed by atoms with Crippen molar-refractivity contribution in [1.29, 1.82) is 0 Å². The predicted octanol–water partition coefficient (Wildman–Crippen LogP) is 2.76. The van der Waals surface area contributed by atoms with Crippen molar-refractivity contribution < 1.29 is 4.79 Å². The van der Waals surface area contributed by atoms with Crippen LogP contribution in [0, 0.1) is 19.8 Å². The van der Waals surface area contributed by atoms with E-state index in [2.05, 4.69) is 32.2 Å². The van der Waals surface area contributed by atoms with Gasteiger partial charge in [-0.3, -0.25) is 4.79 Å². The van der Waals surface area contributed by atoms with Gasteiger partial charge in [-0.1, -0.05) is 31.5 Å². The molecule has 0 aliphatic carbocycles. The summed E-state index contributed by atoms with van der Waals surface area (Å²) in [5, 5.41) is 3.51. The van der Waals surface area contributed by atoms with Crippen LogP contribution in [-0.4, -0.2) is 36.5 Å². The summed E-state index contributed by atoms with van der Waals surface area (Å²) in [6.07, 6.45) is 1.05. The van der Waals surface area contributed by atoms with Gasteiger partial charge in [0.25, 0.3) is 5.91 Å². The van der Waals surface area contributed by atoms with Crippen molar-refractivity contribution in [3.8, 4) is 0 Å². The lowest BCUT2D eigenvalue weighted by Gasteiger charge is -2.37. The number of carbonyl (C=O) groups excluding carboxylic acids is 1. The van der Waals surface area contributed by atoms with Gasteiger partial charge in [-0.05, 0) is 44.4 Å². The van der Waals surface area contributed by atoms with E-state index < -0.39 is 0 Å². The van der Waals surface area contributed by atoms with Crippen molar-refractivity contribution in [2.45, 2.75) is 40.2 Å². The van der Waals surface area contributed by atoms with Crippen LogP contribution in [0.4, 0.5) is 0 Å². The van der Waals surface area contributed by atoms with Gasteiger partial charge in [0, 0.05) is 24.7 Å². The van der Waals surface area contributed by atoms with Gasteiger partial charge in [0.2, 0.25) is 0 Å². The summed E-state index contributed by atoms with van der Waals surface area (Å²) in [7, 11) is 0. The number of rotatable bonds is 3. The van der Waals surface area contributed by atoms with Crippen LogP contribution >= 0.6 is 0 Å². The summed E-state index contributed by atoms with van der Waals surface area (Å²) >= 11 is 0. The monoisotopic (exact) mass is 274 g/mol. The first-order valence-corrected chi connectivity index (χ1v) is 7.62. The van der Waals surface area contributed by atoms with Crippen LogP contribution < -0.4 is 5.32 Å².